The largest absolute Gasteiger partial charge is 0.394 e. The first-order valence-corrected chi connectivity index (χ1v) is 41.4. The Morgan fingerprint density at radius 1 is 0.368 bits per heavy atom. The van der Waals surface area contributed by atoms with Gasteiger partial charge in [0.1, 0.15) is 48.8 Å². The molecule has 14 nitrogen and oxygen atoms in total. The van der Waals surface area contributed by atoms with Crippen LogP contribution >= 0.6 is 0 Å². The maximum atomic E-state index is 13.4. The molecule has 2 heterocycles. The van der Waals surface area contributed by atoms with Gasteiger partial charge in [0.2, 0.25) is 5.91 Å². The zero-order chi connectivity index (χ0) is 68.7. The molecule has 2 rings (SSSR count). The molecule has 0 aliphatic carbocycles. The molecule has 9 N–H and O–H groups in total. The second-order valence-electron chi connectivity index (χ2n) is 29.6. The van der Waals surface area contributed by atoms with Crippen LogP contribution in [0, 0.1) is 0 Å². The number of aliphatic hydroxyl groups is 8. The Labute approximate surface area is 584 Å². The Morgan fingerprint density at radius 2 is 0.653 bits per heavy atom. The molecule has 0 aromatic carbocycles. The number of ether oxygens (including phenoxy) is 4. The predicted octanol–water partition coefficient (Wildman–Crippen LogP) is 18.9. The highest BCUT2D eigenvalue weighted by Crippen LogP contribution is 2.30. The van der Waals surface area contributed by atoms with Crippen LogP contribution in [0.4, 0.5) is 0 Å². The van der Waals surface area contributed by atoms with Crippen LogP contribution in [0.2, 0.25) is 0 Å². The van der Waals surface area contributed by atoms with Crippen molar-refractivity contribution in [3.05, 3.63) is 12.2 Å². The van der Waals surface area contributed by atoms with Crippen LogP contribution in [-0.2, 0) is 23.7 Å². The van der Waals surface area contributed by atoms with Gasteiger partial charge in [-0.3, -0.25) is 4.79 Å². The number of hydrogen-bond donors (Lipinski definition) is 9. The number of hydrogen-bond acceptors (Lipinski definition) is 13. The van der Waals surface area contributed by atoms with E-state index in [-0.39, 0.29) is 18.9 Å². The van der Waals surface area contributed by atoms with Gasteiger partial charge in [-0.1, -0.05) is 392 Å². The third kappa shape index (κ3) is 49.1. The molecule has 0 bridgehead atoms. The number of allylic oxidation sites excluding steroid dienone is 1. The summed E-state index contributed by atoms with van der Waals surface area (Å²) in [7, 11) is 0. The smallest absolute Gasteiger partial charge is 0.220 e. The molecule has 0 radical (unpaired) electrons. The highest BCUT2D eigenvalue weighted by Gasteiger charge is 2.51. The molecular formula is C81H157NO13. The van der Waals surface area contributed by atoms with Gasteiger partial charge < -0.3 is 65.1 Å². The maximum Gasteiger partial charge on any atom is 0.220 e. The Balaban J connectivity index is 1.60. The van der Waals surface area contributed by atoms with Crippen molar-refractivity contribution in [1.29, 1.82) is 0 Å². The second kappa shape index (κ2) is 66.0. The van der Waals surface area contributed by atoms with Crippen LogP contribution in [0.5, 0.6) is 0 Å². The summed E-state index contributed by atoms with van der Waals surface area (Å²) in [6, 6.07) is -0.913. The number of unbranched alkanes of at least 4 members (excludes halogenated alkanes) is 58. The van der Waals surface area contributed by atoms with Crippen molar-refractivity contribution in [3.63, 3.8) is 0 Å². The normalized spacial score (nSPS) is 22.3. The zero-order valence-corrected chi connectivity index (χ0v) is 62.0. The third-order valence-electron chi connectivity index (χ3n) is 20.7. The number of aliphatic hydroxyl groups excluding tert-OH is 8. The van der Waals surface area contributed by atoms with Crippen molar-refractivity contribution in [2.45, 2.75) is 479 Å². The lowest BCUT2D eigenvalue weighted by Gasteiger charge is -2.46. The average molecular weight is 1350 g/mol. The van der Waals surface area contributed by atoms with Crippen molar-refractivity contribution in [1.82, 2.24) is 5.32 Å². The van der Waals surface area contributed by atoms with Crippen molar-refractivity contribution in [2.24, 2.45) is 0 Å². The number of carbonyl (C=O) groups excluding carboxylic acids is 1. The van der Waals surface area contributed by atoms with Crippen LogP contribution in [0.3, 0.4) is 0 Å². The summed E-state index contributed by atoms with van der Waals surface area (Å²) in [5.41, 5.74) is 0. The number of rotatable bonds is 71. The molecule has 12 atom stereocenters. The first kappa shape index (κ1) is 89.8. The van der Waals surface area contributed by atoms with E-state index in [1.807, 2.05) is 6.08 Å². The first-order valence-electron chi connectivity index (χ1n) is 41.4. The quantitative estimate of drug-likeness (QED) is 0.0204. The van der Waals surface area contributed by atoms with Gasteiger partial charge in [0.25, 0.3) is 0 Å². The summed E-state index contributed by atoms with van der Waals surface area (Å²) in [4.78, 5) is 13.4. The molecule has 1 amide bonds. The summed E-state index contributed by atoms with van der Waals surface area (Å²) in [6.45, 7) is 2.88. The molecule has 0 aromatic heterocycles. The van der Waals surface area contributed by atoms with E-state index < -0.39 is 86.8 Å². The molecule has 0 aromatic rings. The van der Waals surface area contributed by atoms with Crippen molar-refractivity contribution >= 4 is 5.91 Å². The summed E-state index contributed by atoms with van der Waals surface area (Å²) in [6.07, 6.45) is 67.4. The summed E-state index contributed by atoms with van der Waals surface area (Å²) >= 11 is 0. The van der Waals surface area contributed by atoms with E-state index in [2.05, 4.69) is 19.2 Å². The molecule has 12 unspecified atom stereocenters. The number of nitrogens with one attached hydrogen (secondary N) is 1. The van der Waals surface area contributed by atoms with Crippen LogP contribution in [0.1, 0.15) is 406 Å². The standard InChI is InChI=1S/C81H157NO13/c1-3-5-7-9-11-13-15-17-19-21-23-25-27-29-31-33-34-35-36-37-39-41-43-45-47-49-51-53-55-57-59-61-63-65-73(86)82-69(68-92-80-78(91)76(89)79(72(67-84)94-80)95-81-77(90)75(88)74(87)71(66-83)93-81)70(85)64-62-60-58-56-54-52-50-48-46-44-42-40-38-32-30-28-26-24-22-20-18-16-14-12-10-8-6-4-2/h62,64,69-72,74-81,83-85,87-91H,3-61,63,65-68H2,1-2H3,(H,82,86)/b64-62+. The maximum absolute atomic E-state index is 13.4. The van der Waals surface area contributed by atoms with Gasteiger partial charge in [-0.2, -0.15) is 0 Å². The van der Waals surface area contributed by atoms with Crippen LogP contribution in [0.15, 0.2) is 12.2 Å². The van der Waals surface area contributed by atoms with E-state index in [0.717, 1.165) is 44.9 Å². The van der Waals surface area contributed by atoms with Crippen molar-refractivity contribution < 1.29 is 64.6 Å². The lowest BCUT2D eigenvalue weighted by Crippen LogP contribution is -2.65. The molecule has 14 heteroatoms. The molecule has 2 aliphatic rings. The minimum atomic E-state index is -1.79. The minimum absolute atomic E-state index is 0.228. The Morgan fingerprint density at radius 3 is 0.968 bits per heavy atom. The Hall–Kier alpha value is -1.27. The summed E-state index contributed by atoms with van der Waals surface area (Å²) in [5, 5.41) is 87.7. The minimum Gasteiger partial charge on any atom is -0.394 e. The second-order valence-corrected chi connectivity index (χ2v) is 29.6. The third-order valence-corrected chi connectivity index (χ3v) is 20.7. The van der Waals surface area contributed by atoms with Gasteiger partial charge in [0.15, 0.2) is 12.6 Å². The summed E-state index contributed by atoms with van der Waals surface area (Å²) in [5.74, 6) is -0.228. The Kier molecular flexibility index (Phi) is 62.4. The molecule has 95 heavy (non-hydrogen) atoms. The molecule has 2 saturated heterocycles. The SMILES string of the molecule is CCCCCCCCCCCCCCCCCCCCCCCCCCCC/C=C/C(O)C(COC1OC(CO)C(OC2OC(CO)C(O)C(O)C2O)C(O)C1O)NC(=O)CCCCCCCCCCCCCCCCCCCCCCCCCCCCCCCCCCC. The molecule has 0 spiro atoms. The monoisotopic (exact) mass is 1350 g/mol. The average Bonchev–Trinajstić information content (AvgIpc) is 0.807. The van der Waals surface area contributed by atoms with Gasteiger partial charge in [0.05, 0.1) is 32.0 Å². The van der Waals surface area contributed by atoms with E-state index >= 15 is 0 Å². The molecule has 0 saturated carbocycles. The van der Waals surface area contributed by atoms with Gasteiger partial charge in [-0.25, -0.2) is 0 Å². The highest BCUT2D eigenvalue weighted by molar-refractivity contribution is 5.76. The first-order chi connectivity index (χ1) is 46.6. The molecule has 2 aliphatic heterocycles. The lowest BCUT2D eigenvalue weighted by molar-refractivity contribution is -0.359. The zero-order valence-electron chi connectivity index (χ0n) is 62.0. The van der Waals surface area contributed by atoms with E-state index in [9.17, 15) is 45.6 Å². The van der Waals surface area contributed by atoms with Gasteiger partial charge in [-0.15, -0.1) is 0 Å². The number of amides is 1. The van der Waals surface area contributed by atoms with E-state index in [1.54, 1.807) is 6.08 Å². The lowest BCUT2D eigenvalue weighted by atomic mass is 9.97. The summed E-state index contributed by atoms with van der Waals surface area (Å²) < 4.78 is 22.9. The van der Waals surface area contributed by atoms with Crippen LogP contribution in [0.25, 0.3) is 0 Å². The molecular weight excluding hydrogens is 1190 g/mol. The fourth-order valence-corrected chi connectivity index (χ4v) is 14.2. The van der Waals surface area contributed by atoms with Crippen molar-refractivity contribution in [2.75, 3.05) is 19.8 Å². The molecule has 2 fully saturated rings. The highest BCUT2D eigenvalue weighted by atomic mass is 16.7. The van der Waals surface area contributed by atoms with Gasteiger partial charge in [-0.05, 0) is 19.3 Å². The van der Waals surface area contributed by atoms with Crippen LogP contribution in [-0.4, -0.2) is 140 Å². The predicted molar refractivity (Wildman–Crippen MR) is 392 cm³/mol. The van der Waals surface area contributed by atoms with Gasteiger partial charge in [0, 0.05) is 6.42 Å². The number of carbonyl (C=O) groups is 1. The molecule has 564 valence electrons. The Bertz CT molecular complexity index is 1640. The fraction of sp³-hybridized carbons (Fsp3) is 0.963. The fourth-order valence-electron chi connectivity index (χ4n) is 14.2. The van der Waals surface area contributed by atoms with Crippen molar-refractivity contribution in [3.8, 4) is 0 Å². The van der Waals surface area contributed by atoms with E-state index in [4.69, 9.17) is 18.9 Å². The topological polar surface area (TPSA) is 228 Å². The van der Waals surface area contributed by atoms with Crippen LogP contribution < -0.4 is 5.32 Å². The van der Waals surface area contributed by atoms with E-state index in [1.165, 1.54) is 340 Å². The van der Waals surface area contributed by atoms with Gasteiger partial charge >= 0.3 is 0 Å². The van der Waals surface area contributed by atoms with E-state index in [0.29, 0.717) is 0 Å².